The van der Waals surface area contributed by atoms with Crippen molar-refractivity contribution >= 4 is 44.1 Å². The zero-order chi connectivity index (χ0) is 20.2. The van der Waals surface area contributed by atoms with Gasteiger partial charge in [-0.2, -0.15) is 0 Å². The van der Waals surface area contributed by atoms with Crippen LogP contribution in [0.15, 0.2) is 82.7 Å². The maximum atomic E-state index is 13.6. The van der Waals surface area contributed by atoms with E-state index in [1.54, 1.807) is 36.0 Å². The summed E-state index contributed by atoms with van der Waals surface area (Å²) in [6.07, 6.45) is -0.532. The molecule has 2 aliphatic rings. The van der Waals surface area contributed by atoms with Crippen molar-refractivity contribution in [1.29, 1.82) is 0 Å². The summed E-state index contributed by atoms with van der Waals surface area (Å²) in [5.74, 6) is 0. The number of anilines is 1. The number of thioether (sulfide) groups is 1. The van der Waals surface area contributed by atoms with E-state index in [-0.39, 0.29) is 10.1 Å². The van der Waals surface area contributed by atoms with Crippen molar-refractivity contribution in [3.8, 4) is 0 Å². The van der Waals surface area contributed by atoms with E-state index < -0.39 is 16.2 Å². The standard InChI is InChI=1S/C22H17ClN2O2S2/c1-14-7-10-17(11-8-14)29(26,27)25-19-12-9-16(23)13-18(19)20-21(25)24-22(28-20)15-5-3-2-4-6-15/h2-13,20-21H,1H3/t20-,21+/m0/s1. The molecule has 5 rings (SSSR count). The predicted octanol–water partition coefficient (Wildman–Crippen LogP) is 5.42. The van der Waals surface area contributed by atoms with Crippen LogP contribution in [-0.2, 0) is 10.0 Å². The second kappa shape index (κ2) is 6.90. The zero-order valence-electron chi connectivity index (χ0n) is 15.5. The van der Waals surface area contributed by atoms with Crippen LogP contribution in [0.3, 0.4) is 0 Å². The molecule has 0 bridgehead atoms. The van der Waals surface area contributed by atoms with E-state index in [2.05, 4.69) is 0 Å². The molecular weight excluding hydrogens is 424 g/mol. The van der Waals surface area contributed by atoms with Gasteiger partial charge in [0.25, 0.3) is 10.0 Å². The van der Waals surface area contributed by atoms with E-state index >= 15 is 0 Å². The Morgan fingerprint density at radius 2 is 1.72 bits per heavy atom. The molecule has 0 aliphatic carbocycles. The third-order valence-corrected chi connectivity index (χ3v) is 8.48. The van der Waals surface area contributed by atoms with Crippen LogP contribution in [0.5, 0.6) is 0 Å². The molecule has 7 heteroatoms. The van der Waals surface area contributed by atoms with Gasteiger partial charge in [-0.3, -0.25) is 4.99 Å². The Kier molecular flexibility index (Phi) is 4.46. The van der Waals surface area contributed by atoms with Crippen LogP contribution in [0.25, 0.3) is 0 Å². The molecule has 0 amide bonds. The summed E-state index contributed by atoms with van der Waals surface area (Å²) in [6.45, 7) is 1.93. The fourth-order valence-corrected chi connectivity index (χ4v) is 6.86. The first kappa shape index (κ1) is 18.7. The SMILES string of the molecule is Cc1ccc(S(=O)(=O)N2c3ccc(Cl)cc3[C@@H]3SC(c4ccccc4)=N[C@@H]32)cc1. The number of nitrogens with zero attached hydrogens (tertiary/aromatic N) is 2. The van der Waals surface area contributed by atoms with Crippen molar-refractivity contribution in [2.75, 3.05) is 4.31 Å². The van der Waals surface area contributed by atoms with Crippen LogP contribution in [0, 0.1) is 6.92 Å². The van der Waals surface area contributed by atoms with Gasteiger partial charge in [-0.15, -0.1) is 0 Å². The minimum atomic E-state index is -3.77. The van der Waals surface area contributed by atoms with Gasteiger partial charge >= 0.3 is 0 Å². The first-order chi connectivity index (χ1) is 13.9. The molecule has 0 fully saturated rings. The average molecular weight is 441 g/mol. The number of aliphatic imine (C=N–C) groups is 1. The van der Waals surface area contributed by atoms with Gasteiger partial charge in [-0.1, -0.05) is 71.4 Å². The topological polar surface area (TPSA) is 49.7 Å². The molecule has 3 aromatic rings. The summed E-state index contributed by atoms with van der Waals surface area (Å²) >= 11 is 7.84. The number of benzene rings is 3. The largest absolute Gasteiger partial charge is 0.266 e. The molecule has 0 spiro atoms. The lowest BCUT2D eigenvalue weighted by molar-refractivity contribution is 0.582. The highest BCUT2D eigenvalue weighted by atomic mass is 35.5. The lowest BCUT2D eigenvalue weighted by atomic mass is 10.1. The molecule has 0 radical (unpaired) electrons. The molecule has 2 heterocycles. The first-order valence-corrected chi connectivity index (χ1v) is 11.9. The van der Waals surface area contributed by atoms with Crippen LogP contribution in [0.2, 0.25) is 5.02 Å². The number of fused-ring (bicyclic) bond motifs is 3. The predicted molar refractivity (Wildman–Crippen MR) is 119 cm³/mol. The van der Waals surface area contributed by atoms with Crippen molar-refractivity contribution < 1.29 is 8.42 Å². The Morgan fingerprint density at radius 3 is 2.45 bits per heavy atom. The van der Waals surface area contributed by atoms with E-state index in [1.807, 2.05) is 55.5 Å². The molecule has 0 saturated carbocycles. The average Bonchev–Trinajstić information content (AvgIpc) is 3.26. The fraction of sp³-hybridized carbons (Fsp3) is 0.136. The van der Waals surface area contributed by atoms with Crippen molar-refractivity contribution in [2.24, 2.45) is 4.99 Å². The highest BCUT2D eigenvalue weighted by Crippen LogP contribution is 2.54. The summed E-state index contributed by atoms with van der Waals surface area (Å²) in [5.41, 5.74) is 3.55. The molecule has 0 unspecified atom stereocenters. The number of halogens is 1. The molecule has 0 N–H and O–H groups in total. The van der Waals surface area contributed by atoms with E-state index in [0.29, 0.717) is 10.7 Å². The van der Waals surface area contributed by atoms with Gasteiger partial charge < -0.3 is 0 Å². The zero-order valence-corrected chi connectivity index (χ0v) is 17.9. The molecule has 3 aromatic carbocycles. The Labute approximate surface area is 179 Å². The Bertz CT molecular complexity index is 1230. The van der Waals surface area contributed by atoms with Crippen molar-refractivity contribution in [3.05, 3.63) is 94.5 Å². The molecule has 2 atom stereocenters. The molecule has 0 saturated heterocycles. The molecule has 146 valence electrons. The van der Waals surface area contributed by atoms with E-state index in [4.69, 9.17) is 16.6 Å². The first-order valence-electron chi connectivity index (χ1n) is 9.15. The quantitative estimate of drug-likeness (QED) is 0.546. The summed E-state index contributed by atoms with van der Waals surface area (Å²) in [6, 6.07) is 22.1. The van der Waals surface area contributed by atoms with Gasteiger partial charge in [0.15, 0.2) is 6.17 Å². The van der Waals surface area contributed by atoms with Crippen molar-refractivity contribution in [3.63, 3.8) is 0 Å². The van der Waals surface area contributed by atoms with E-state index in [0.717, 1.165) is 21.7 Å². The monoisotopic (exact) mass is 440 g/mol. The molecule has 29 heavy (non-hydrogen) atoms. The Hall–Kier alpha value is -2.28. The second-order valence-corrected chi connectivity index (χ2v) is 10.5. The highest BCUT2D eigenvalue weighted by molar-refractivity contribution is 8.15. The third kappa shape index (κ3) is 3.06. The van der Waals surface area contributed by atoms with Crippen LogP contribution >= 0.6 is 23.4 Å². The van der Waals surface area contributed by atoms with Gasteiger partial charge in [-0.25, -0.2) is 12.7 Å². The number of sulfonamides is 1. The smallest absolute Gasteiger partial charge is 0.250 e. The lowest BCUT2D eigenvalue weighted by Crippen LogP contribution is -2.36. The second-order valence-electron chi connectivity index (χ2n) is 7.07. The van der Waals surface area contributed by atoms with Crippen LogP contribution < -0.4 is 4.31 Å². The Morgan fingerprint density at radius 1 is 1.00 bits per heavy atom. The van der Waals surface area contributed by atoms with Crippen LogP contribution in [-0.4, -0.2) is 19.6 Å². The van der Waals surface area contributed by atoms with Gasteiger partial charge in [0.05, 0.1) is 15.8 Å². The van der Waals surface area contributed by atoms with Gasteiger partial charge in [0, 0.05) is 10.6 Å². The maximum Gasteiger partial charge on any atom is 0.266 e. The number of aryl methyl sites for hydroxylation is 1. The summed E-state index contributed by atoms with van der Waals surface area (Å²) in [5, 5.41) is 1.31. The lowest BCUT2D eigenvalue weighted by Gasteiger charge is -2.24. The molecule has 2 aliphatic heterocycles. The minimum absolute atomic E-state index is 0.126. The number of rotatable bonds is 3. The molecular formula is C22H17ClN2O2S2. The summed E-state index contributed by atoms with van der Waals surface area (Å²) in [4.78, 5) is 5.10. The fourth-order valence-electron chi connectivity index (χ4n) is 3.71. The molecule has 0 aromatic heterocycles. The van der Waals surface area contributed by atoms with E-state index in [1.165, 1.54) is 4.31 Å². The van der Waals surface area contributed by atoms with Gasteiger partial charge in [0.1, 0.15) is 5.04 Å². The third-order valence-electron chi connectivity index (χ3n) is 5.13. The van der Waals surface area contributed by atoms with Crippen LogP contribution in [0.4, 0.5) is 5.69 Å². The van der Waals surface area contributed by atoms with Gasteiger partial charge in [0.2, 0.25) is 0 Å². The minimum Gasteiger partial charge on any atom is -0.250 e. The van der Waals surface area contributed by atoms with Crippen molar-refractivity contribution in [2.45, 2.75) is 23.2 Å². The highest BCUT2D eigenvalue weighted by Gasteiger charge is 2.49. The van der Waals surface area contributed by atoms with Gasteiger partial charge in [-0.05, 0) is 42.8 Å². The number of hydrogen-bond acceptors (Lipinski definition) is 4. The Balaban J connectivity index is 1.65. The van der Waals surface area contributed by atoms with E-state index in [9.17, 15) is 8.42 Å². The summed E-state index contributed by atoms with van der Waals surface area (Å²) in [7, 11) is -3.77. The van der Waals surface area contributed by atoms with Crippen molar-refractivity contribution in [1.82, 2.24) is 0 Å². The summed E-state index contributed by atoms with van der Waals surface area (Å²) < 4.78 is 28.6. The van der Waals surface area contributed by atoms with Crippen LogP contribution in [0.1, 0.15) is 21.9 Å². The molecule has 4 nitrogen and oxygen atoms in total. The maximum absolute atomic E-state index is 13.6. The normalized spacial score (nSPS) is 20.3. The number of hydrogen-bond donors (Lipinski definition) is 0.